The third kappa shape index (κ3) is 5.49. The molecule has 5 heteroatoms. The molecule has 1 N–H and O–H groups in total. The lowest BCUT2D eigenvalue weighted by Crippen LogP contribution is -2.32. The van der Waals surface area contributed by atoms with Gasteiger partial charge < -0.3 is 14.8 Å². The van der Waals surface area contributed by atoms with E-state index in [-0.39, 0.29) is 11.8 Å². The molecule has 1 rings (SSSR count). The molecule has 1 saturated heterocycles. The number of nitrogens with one attached hydrogen (secondary N) is 1. The summed E-state index contributed by atoms with van der Waals surface area (Å²) in [5.74, 6) is 0.182. The molecule has 15 heavy (non-hydrogen) atoms. The maximum Gasteiger partial charge on any atom is 0.225 e. The number of alkyl halides is 1. The Morgan fingerprint density at radius 2 is 2.40 bits per heavy atom. The normalized spacial score (nSPS) is 20.5. The Hall–Kier alpha value is -0.130. The zero-order valence-electron chi connectivity index (χ0n) is 8.84. The lowest BCUT2D eigenvalue weighted by atomic mass is 10.1. The van der Waals surface area contributed by atoms with Crippen LogP contribution in [0.4, 0.5) is 0 Å². The zero-order valence-corrected chi connectivity index (χ0v) is 10.4. The number of halogens is 1. The van der Waals surface area contributed by atoms with E-state index in [1.807, 2.05) is 0 Å². The summed E-state index contributed by atoms with van der Waals surface area (Å²) >= 11 is 3.28. The topological polar surface area (TPSA) is 47.6 Å². The lowest BCUT2D eigenvalue weighted by Gasteiger charge is -2.09. The lowest BCUT2D eigenvalue weighted by molar-refractivity contribution is -0.124. The summed E-state index contributed by atoms with van der Waals surface area (Å²) in [5.41, 5.74) is 0. The minimum absolute atomic E-state index is 0.0634. The average Bonchev–Trinajstić information content (AvgIpc) is 2.76. The van der Waals surface area contributed by atoms with Gasteiger partial charge in [-0.25, -0.2) is 0 Å². The molecule has 0 aromatic carbocycles. The Labute approximate surface area is 98.8 Å². The number of ether oxygens (including phenoxy) is 2. The molecule has 0 aliphatic carbocycles. The third-order valence-corrected chi connectivity index (χ3v) is 2.61. The second kappa shape index (κ2) is 8.07. The summed E-state index contributed by atoms with van der Waals surface area (Å²) in [6.07, 6.45) is 1.72. The highest BCUT2D eigenvalue weighted by Crippen LogP contribution is 2.11. The number of rotatable bonds is 7. The first-order chi connectivity index (χ1) is 7.34. The Bertz CT molecular complexity index is 184. The number of amides is 1. The van der Waals surface area contributed by atoms with E-state index in [1.54, 1.807) is 0 Å². The van der Waals surface area contributed by atoms with Crippen molar-refractivity contribution >= 4 is 21.8 Å². The van der Waals surface area contributed by atoms with E-state index in [2.05, 4.69) is 21.2 Å². The molecule has 4 nitrogen and oxygen atoms in total. The third-order valence-electron chi connectivity index (χ3n) is 2.29. The Kier molecular flexibility index (Phi) is 6.96. The molecule has 1 heterocycles. The Balaban J connectivity index is 1.92. The van der Waals surface area contributed by atoms with Gasteiger partial charge in [0.1, 0.15) is 0 Å². The number of carbonyl (C=O) groups excluding carboxylic acids is 1. The molecule has 0 saturated carbocycles. The molecule has 88 valence electrons. The first-order valence-corrected chi connectivity index (χ1v) is 6.46. The molecule has 1 amide bonds. The molecule has 1 aliphatic rings. The van der Waals surface area contributed by atoms with Crippen LogP contribution in [0.5, 0.6) is 0 Å². The van der Waals surface area contributed by atoms with Gasteiger partial charge in [-0.05, 0) is 12.8 Å². The fraction of sp³-hybridized carbons (Fsp3) is 0.900. The van der Waals surface area contributed by atoms with Crippen molar-refractivity contribution in [1.29, 1.82) is 0 Å². The van der Waals surface area contributed by atoms with Crippen molar-refractivity contribution in [2.75, 3.05) is 38.3 Å². The van der Waals surface area contributed by atoms with Crippen LogP contribution >= 0.6 is 15.9 Å². The van der Waals surface area contributed by atoms with Crippen molar-refractivity contribution < 1.29 is 14.3 Å². The van der Waals surface area contributed by atoms with Gasteiger partial charge in [0.2, 0.25) is 5.91 Å². The van der Waals surface area contributed by atoms with Crippen molar-refractivity contribution in [2.45, 2.75) is 12.8 Å². The van der Waals surface area contributed by atoms with Gasteiger partial charge in [0.05, 0.1) is 19.1 Å². The van der Waals surface area contributed by atoms with Crippen molar-refractivity contribution in [3.8, 4) is 0 Å². The summed E-state index contributed by atoms with van der Waals surface area (Å²) in [7, 11) is 0. The molecular formula is C10H18BrNO3. The van der Waals surface area contributed by atoms with Gasteiger partial charge in [0, 0.05) is 25.1 Å². The van der Waals surface area contributed by atoms with Crippen LogP contribution < -0.4 is 5.32 Å². The number of carbonyl (C=O) groups is 1. The van der Waals surface area contributed by atoms with Gasteiger partial charge in [-0.2, -0.15) is 0 Å². The van der Waals surface area contributed by atoms with Gasteiger partial charge >= 0.3 is 0 Å². The number of hydrogen-bond acceptors (Lipinski definition) is 3. The highest BCUT2D eigenvalue weighted by molar-refractivity contribution is 9.09. The van der Waals surface area contributed by atoms with Gasteiger partial charge in [-0.15, -0.1) is 0 Å². The predicted octanol–water partition coefficient (Wildman–Crippen LogP) is 0.941. The molecule has 0 radical (unpaired) electrons. The van der Waals surface area contributed by atoms with Crippen LogP contribution in [-0.2, 0) is 14.3 Å². The highest BCUT2D eigenvalue weighted by Gasteiger charge is 2.22. The summed E-state index contributed by atoms with van der Waals surface area (Å²) in [6, 6.07) is 0. The van der Waals surface area contributed by atoms with E-state index in [9.17, 15) is 4.79 Å². The SMILES string of the molecule is O=C(NCCCOCCBr)C1CCOC1. The fourth-order valence-corrected chi connectivity index (χ4v) is 1.66. The Morgan fingerprint density at radius 1 is 1.53 bits per heavy atom. The second-order valence-corrected chi connectivity index (χ2v) is 4.30. The van der Waals surface area contributed by atoms with Crippen LogP contribution in [-0.4, -0.2) is 44.2 Å². The summed E-state index contributed by atoms with van der Waals surface area (Å²) in [5, 5.41) is 3.75. The quantitative estimate of drug-likeness (QED) is 0.558. The zero-order chi connectivity index (χ0) is 10.9. The summed E-state index contributed by atoms with van der Waals surface area (Å²) < 4.78 is 10.4. The van der Waals surface area contributed by atoms with Crippen LogP contribution in [0.2, 0.25) is 0 Å². The van der Waals surface area contributed by atoms with Crippen molar-refractivity contribution in [3.05, 3.63) is 0 Å². The molecule has 1 fully saturated rings. The van der Waals surface area contributed by atoms with Crippen LogP contribution in [0.1, 0.15) is 12.8 Å². The molecule has 1 aliphatic heterocycles. The smallest absolute Gasteiger partial charge is 0.225 e. The van der Waals surface area contributed by atoms with Gasteiger partial charge in [-0.1, -0.05) is 15.9 Å². The molecule has 1 unspecified atom stereocenters. The van der Waals surface area contributed by atoms with Gasteiger partial charge in [-0.3, -0.25) is 4.79 Å². The first-order valence-electron chi connectivity index (χ1n) is 5.33. The molecular weight excluding hydrogens is 262 g/mol. The first kappa shape index (κ1) is 12.9. The van der Waals surface area contributed by atoms with Crippen LogP contribution in [0.3, 0.4) is 0 Å². The second-order valence-electron chi connectivity index (χ2n) is 3.51. The Morgan fingerprint density at radius 3 is 3.07 bits per heavy atom. The maximum absolute atomic E-state index is 11.5. The fourth-order valence-electron chi connectivity index (χ4n) is 1.43. The minimum atomic E-state index is 0.0634. The molecule has 1 atom stereocenters. The molecule has 0 bridgehead atoms. The largest absolute Gasteiger partial charge is 0.381 e. The standard InChI is InChI=1S/C10H18BrNO3/c11-3-7-14-5-1-4-12-10(13)9-2-6-15-8-9/h9H,1-8H2,(H,12,13). The van der Waals surface area contributed by atoms with E-state index in [4.69, 9.17) is 9.47 Å². The van der Waals surface area contributed by atoms with Crippen molar-refractivity contribution in [1.82, 2.24) is 5.32 Å². The average molecular weight is 280 g/mol. The van der Waals surface area contributed by atoms with Crippen LogP contribution in [0.15, 0.2) is 0 Å². The summed E-state index contributed by atoms with van der Waals surface area (Å²) in [4.78, 5) is 11.5. The van der Waals surface area contributed by atoms with E-state index in [0.29, 0.717) is 26.4 Å². The number of hydrogen-bond donors (Lipinski definition) is 1. The summed E-state index contributed by atoms with van der Waals surface area (Å²) in [6.45, 7) is 3.41. The monoisotopic (exact) mass is 279 g/mol. The van der Waals surface area contributed by atoms with Gasteiger partial charge in [0.15, 0.2) is 0 Å². The van der Waals surface area contributed by atoms with Crippen LogP contribution in [0, 0.1) is 5.92 Å². The van der Waals surface area contributed by atoms with E-state index in [0.717, 1.165) is 24.8 Å². The van der Waals surface area contributed by atoms with Gasteiger partial charge in [0.25, 0.3) is 0 Å². The van der Waals surface area contributed by atoms with E-state index >= 15 is 0 Å². The van der Waals surface area contributed by atoms with E-state index < -0.39 is 0 Å². The molecule has 0 aromatic rings. The highest BCUT2D eigenvalue weighted by atomic mass is 79.9. The van der Waals surface area contributed by atoms with Crippen LogP contribution in [0.25, 0.3) is 0 Å². The molecule has 0 aromatic heterocycles. The maximum atomic E-state index is 11.5. The molecule has 0 spiro atoms. The van der Waals surface area contributed by atoms with Crippen molar-refractivity contribution in [2.24, 2.45) is 5.92 Å². The van der Waals surface area contributed by atoms with Crippen molar-refractivity contribution in [3.63, 3.8) is 0 Å². The van der Waals surface area contributed by atoms with E-state index in [1.165, 1.54) is 0 Å². The minimum Gasteiger partial charge on any atom is -0.381 e. The predicted molar refractivity (Wildman–Crippen MR) is 61.2 cm³/mol.